The minimum absolute atomic E-state index is 0.0165. The van der Waals surface area contributed by atoms with Gasteiger partial charge in [0.2, 0.25) is 11.5 Å². The van der Waals surface area contributed by atoms with Gasteiger partial charge < -0.3 is 19.9 Å². The third kappa shape index (κ3) is 2.03. The SMILES string of the molecule is O=C1/C(=C\c2c(Br)[nH]c3ccccc23)Oc2c1ccc(O)c2O. The Kier molecular flexibility index (Phi) is 2.96. The molecule has 0 saturated carbocycles. The lowest BCUT2D eigenvalue weighted by Crippen LogP contribution is -1.97. The summed E-state index contributed by atoms with van der Waals surface area (Å²) in [6.45, 7) is 0. The molecule has 1 aliphatic rings. The summed E-state index contributed by atoms with van der Waals surface area (Å²) >= 11 is 3.44. The van der Waals surface area contributed by atoms with Crippen LogP contribution >= 0.6 is 15.9 Å². The van der Waals surface area contributed by atoms with Gasteiger partial charge in [0.15, 0.2) is 17.3 Å². The maximum atomic E-state index is 12.4. The fraction of sp³-hybridized carbons (Fsp3) is 0. The van der Waals surface area contributed by atoms with Crippen molar-refractivity contribution in [1.82, 2.24) is 4.98 Å². The van der Waals surface area contributed by atoms with Gasteiger partial charge in [-0.05, 0) is 40.2 Å². The molecule has 0 atom stereocenters. The van der Waals surface area contributed by atoms with Gasteiger partial charge in [-0.15, -0.1) is 0 Å². The van der Waals surface area contributed by atoms with Crippen molar-refractivity contribution in [2.75, 3.05) is 0 Å². The van der Waals surface area contributed by atoms with Crippen LogP contribution in [-0.2, 0) is 0 Å². The van der Waals surface area contributed by atoms with Crippen LogP contribution in [0.15, 0.2) is 46.8 Å². The summed E-state index contributed by atoms with van der Waals surface area (Å²) in [5.41, 5.74) is 1.93. The van der Waals surface area contributed by atoms with Crippen LogP contribution in [0.3, 0.4) is 0 Å². The van der Waals surface area contributed by atoms with Gasteiger partial charge in [0, 0.05) is 16.5 Å². The van der Waals surface area contributed by atoms with E-state index in [2.05, 4.69) is 20.9 Å². The van der Waals surface area contributed by atoms with Crippen molar-refractivity contribution in [3.8, 4) is 17.2 Å². The van der Waals surface area contributed by atoms with E-state index in [1.54, 1.807) is 6.08 Å². The number of para-hydroxylation sites is 1. The molecule has 5 nitrogen and oxygen atoms in total. The molecular formula is C17H10BrNO4. The molecule has 3 N–H and O–H groups in total. The smallest absolute Gasteiger partial charge is 0.232 e. The average molecular weight is 372 g/mol. The van der Waals surface area contributed by atoms with Gasteiger partial charge in [-0.25, -0.2) is 0 Å². The summed E-state index contributed by atoms with van der Waals surface area (Å²) in [7, 11) is 0. The summed E-state index contributed by atoms with van der Waals surface area (Å²) in [6, 6.07) is 10.4. The summed E-state index contributed by atoms with van der Waals surface area (Å²) in [6.07, 6.45) is 1.61. The highest BCUT2D eigenvalue weighted by Gasteiger charge is 2.31. The van der Waals surface area contributed by atoms with Crippen LogP contribution in [0.25, 0.3) is 17.0 Å². The maximum absolute atomic E-state index is 12.4. The van der Waals surface area contributed by atoms with E-state index in [1.807, 2.05) is 24.3 Å². The number of carbonyl (C=O) groups is 1. The zero-order valence-electron chi connectivity index (χ0n) is 11.6. The number of phenolic OH excluding ortho intramolecular Hbond substituents is 2. The molecule has 0 aliphatic carbocycles. The first-order valence-electron chi connectivity index (χ1n) is 6.81. The summed E-state index contributed by atoms with van der Waals surface area (Å²) in [4.78, 5) is 15.6. The van der Waals surface area contributed by atoms with Crippen molar-refractivity contribution in [2.45, 2.75) is 0 Å². The highest BCUT2D eigenvalue weighted by Crippen LogP contribution is 2.44. The molecule has 0 unspecified atom stereocenters. The number of H-pyrrole nitrogens is 1. The fourth-order valence-electron chi connectivity index (χ4n) is 2.63. The number of phenols is 2. The van der Waals surface area contributed by atoms with Crippen LogP contribution < -0.4 is 4.74 Å². The molecule has 0 radical (unpaired) electrons. The topological polar surface area (TPSA) is 82.6 Å². The Balaban J connectivity index is 1.86. The van der Waals surface area contributed by atoms with Crippen molar-refractivity contribution in [3.05, 3.63) is 57.9 Å². The Labute approximate surface area is 139 Å². The minimum Gasteiger partial charge on any atom is -0.504 e. The maximum Gasteiger partial charge on any atom is 0.232 e. The Bertz CT molecular complexity index is 1000. The Morgan fingerprint density at radius 3 is 2.74 bits per heavy atom. The molecule has 6 heteroatoms. The monoisotopic (exact) mass is 371 g/mol. The van der Waals surface area contributed by atoms with Crippen LogP contribution in [0.4, 0.5) is 0 Å². The van der Waals surface area contributed by atoms with E-state index in [0.29, 0.717) is 0 Å². The number of benzene rings is 2. The molecule has 2 aromatic carbocycles. The quantitative estimate of drug-likeness (QED) is 0.446. The Morgan fingerprint density at radius 2 is 1.91 bits per heavy atom. The van der Waals surface area contributed by atoms with E-state index in [1.165, 1.54) is 12.1 Å². The number of allylic oxidation sites excluding steroid dienone is 1. The predicted molar refractivity (Wildman–Crippen MR) is 88.7 cm³/mol. The number of hydrogen-bond donors (Lipinski definition) is 3. The normalized spacial score (nSPS) is 15.2. The highest BCUT2D eigenvalue weighted by molar-refractivity contribution is 9.10. The zero-order chi connectivity index (χ0) is 16.1. The van der Waals surface area contributed by atoms with Gasteiger partial charge in [-0.2, -0.15) is 0 Å². The summed E-state index contributed by atoms with van der Waals surface area (Å²) in [5.74, 6) is -1.03. The molecule has 0 fully saturated rings. The summed E-state index contributed by atoms with van der Waals surface area (Å²) in [5, 5.41) is 20.3. The predicted octanol–water partition coefficient (Wildman–Crippen LogP) is 3.96. The number of carbonyl (C=O) groups excluding carboxylic acids is 1. The molecule has 0 bridgehead atoms. The van der Waals surface area contributed by atoms with Crippen molar-refractivity contribution in [3.63, 3.8) is 0 Å². The van der Waals surface area contributed by atoms with Crippen LogP contribution in [0.5, 0.6) is 17.2 Å². The lowest BCUT2D eigenvalue weighted by Gasteiger charge is -2.02. The number of Topliss-reactive ketones (excluding diaryl/α,β-unsaturated/α-hetero) is 1. The van der Waals surface area contributed by atoms with Crippen LogP contribution in [0.2, 0.25) is 0 Å². The standard InChI is InChI=1S/C17H10BrNO4/c18-17-10(8-3-1-2-4-11(8)19-17)7-13-14(21)9-5-6-12(20)15(22)16(9)23-13/h1-7,19-20,22H/b13-7+. The number of rotatable bonds is 1. The molecule has 4 rings (SSSR count). The largest absolute Gasteiger partial charge is 0.504 e. The van der Waals surface area contributed by atoms with E-state index in [-0.39, 0.29) is 28.6 Å². The molecule has 23 heavy (non-hydrogen) atoms. The lowest BCUT2D eigenvalue weighted by molar-refractivity contribution is 0.101. The van der Waals surface area contributed by atoms with Gasteiger partial charge in [-0.3, -0.25) is 4.79 Å². The van der Waals surface area contributed by atoms with Gasteiger partial charge in [-0.1, -0.05) is 18.2 Å². The average Bonchev–Trinajstić information content (AvgIpc) is 3.03. The number of ether oxygens (including phenoxy) is 1. The van der Waals surface area contributed by atoms with Gasteiger partial charge in [0.05, 0.1) is 10.2 Å². The van der Waals surface area contributed by atoms with Crippen molar-refractivity contribution < 1.29 is 19.7 Å². The van der Waals surface area contributed by atoms with E-state index in [4.69, 9.17) is 4.74 Å². The second-order valence-electron chi connectivity index (χ2n) is 5.15. The second kappa shape index (κ2) is 4.89. The Morgan fingerprint density at radius 1 is 1.13 bits per heavy atom. The molecule has 1 aromatic heterocycles. The number of hydrogen-bond acceptors (Lipinski definition) is 4. The molecule has 0 saturated heterocycles. The number of aromatic amines is 1. The van der Waals surface area contributed by atoms with E-state index in [9.17, 15) is 15.0 Å². The van der Waals surface area contributed by atoms with Gasteiger partial charge in [0.25, 0.3) is 0 Å². The van der Waals surface area contributed by atoms with Crippen molar-refractivity contribution in [1.29, 1.82) is 0 Å². The number of aromatic hydroxyl groups is 2. The summed E-state index contributed by atoms with van der Waals surface area (Å²) < 4.78 is 6.20. The number of aromatic nitrogens is 1. The molecular weight excluding hydrogens is 362 g/mol. The van der Waals surface area contributed by atoms with E-state index >= 15 is 0 Å². The van der Waals surface area contributed by atoms with E-state index < -0.39 is 5.75 Å². The third-order valence-corrected chi connectivity index (χ3v) is 4.39. The molecule has 114 valence electrons. The van der Waals surface area contributed by atoms with Gasteiger partial charge >= 0.3 is 0 Å². The van der Waals surface area contributed by atoms with Crippen LogP contribution in [-0.4, -0.2) is 21.0 Å². The van der Waals surface area contributed by atoms with Crippen LogP contribution in [0.1, 0.15) is 15.9 Å². The Hall–Kier alpha value is -2.73. The number of nitrogens with one attached hydrogen (secondary N) is 1. The van der Waals surface area contributed by atoms with Crippen LogP contribution in [0, 0.1) is 0 Å². The second-order valence-corrected chi connectivity index (χ2v) is 5.94. The minimum atomic E-state index is -0.433. The zero-order valence-corrected chi connectivity index (χ0v) is 13.2. The van der Waals surface area contributed by atoms with Gasteiger partial charge in [0.1, 0.15) is 0 Å². The molecule has 3 aromatic rings. The number of fused-ring (bicyclic) bond motifs is 2. The number of halogens is 1. The van der Waals surface area contributed by atoms with E-state index in [0.717, 1.165) is 21.1 Å². The first-order chi connectivity index (χ1) is 11.1. The lowest BCUT2D eigenvalue weighted by atomic mass is 10.1. The molecule has 0 spiro atoms. The highest BCUT2D eigenvalue weighted by atomic mass is 79.9. The molecule has 1 aliphatic heterocycles. The fourth-order valence-corrected chi connectivity index (χ4v) is 3.17. The van der Waals surface area contributed by atoms with Crippen molar-refractivity contribution >= 4 is 38.7 Å². The third-order valence-electron chi connectivity index (χ3n) is 3.76. The molecule has 0 amide bonds. The first kappa shape index (κ1) is 13.9. The molecule has 2 heterocycles. The first-order valence-corrected chi connectivity index (χ1v) is 7.61. The van der Waals surface area contributed by atoms with Crippen molar-refractivity contribution in [2.24, 2.45) is 0 Å². The number of ketones is 1.